The van der Waals surface area contributed by atoms with Gasteiger partial charge in [0, 0.05) is 17.1 Å². The van der Waals surface area contributed by atoms with E-state index in [9.17, 15) is 0 Å². The van der Waals surface area contributed by atoms with Crippen LogP contribution >= 0.6 is 15.9 Å². The van der Waals surface area contributed by atoms with Gasteiger partial charge in [-0.25, -0.2) is 0 Å². The molecule has 1 aliphatic carbocycles. The summed E-state index contributed by atoms with van der Waals surface area (Å²) in [4.78, 5) is 0. The Morgan fingerprint density at radius 2 is 1.86 bits per heavy atom. The molecule has 3 unspecified atom stereocenters. The fourth-order valence-electron chi connectivity index (χ4n) is 2.96. The van der Waals surface area contributed by atoms with E-state index in [2.05, 4.69) is 66.3 Å². The minimum absolute atomic E-state index is 0.144. The number of halogens is 1. The summed E-state index contributed by atoms with van der Waals surface area (Å²) in [6, 6.07) is 9.03. The Bertz CT molecular complexity index is 418. The van der Waals surface area contributed by atoms with Crippen molar-refractivity contribution in [2.45, 2.75) is 64.7 Å². The normalized spacial score (nSPS) is 24.2. The fraction of sp³-hybridized carbons (Fsp3) is 0.667. The molecule has 0 aromatic heterocycles. The molecule has 3 heteroatoms. The number of benzene rings is 1. The number of nitrogens with one attached hydrogen (secondary N) is 1. The van der Waals surface area contributed by atoms with Gasteiger partial charge in [-0.05, 0) is 36.5 Å². The summed E-state index contributed by atoms with van der Waals surface area (Å²) in [7, 11) is 0. The summed E-state index contributed by atoms with van der Waals surface area (Å²) in [6.45, 7) is 7.57. The van der Waals surface area contributed by atoms with Gasteiger partial charge >= 0.3 is 0 Å². The Labute approximate surface area is 137 Å². The Morgan fingerprint density at radius 3 is 2.48 bits per heavy atom. The lowest BCUT2D eigenvalue weighted by Crippen LogP contribution is -2.34. The summed E-state index contributed by atoms with van der Waals surface area (Å²) < 4.78 is 7.62. The highest BCUT2D eigenvalue weighted by Crippen LogP contribution is 2.31. The van der Waals surface area contributed by atoms with Crippen LogP contribution in [0.1, 0.15) is 58.1 Å². The lowest BCUT2D eigenvalue weighted by Gasteiger charge is -2.33. The van der Waals surface area contributed by atoms with E-state index in [1.54, 1.807) is 0 Å². The van der Waals surface area contributed by atoms with Crippen molar-refractivity contribution in [2.75, 3.05) is 6.54 Å². The minimum atomic E-state index is 0.144. The smallest absolute Gasteiger partial charge is 0.0953 e. The lowest BCUT2D eigenvalue weighted by atomic mass is 9.87. The molecular formula is C18H28BrNO. The van der Waals surface area contributed by atoms with Crippen LogP contribution in [0.25, 0.3) is 0 Å². The van der Waals surface area contributed by atoms with Gasteiger partial charge in [0.1, 0.15) is 0 Å². The number of hydrogen-bond acceptors (Lipinski definition) is 2. The maximum Gasteiger partial charge on any atom is 0.0953 e. The monoisotopic (exact) mass is 353 g/mol. The summed E-state index contributed by atoms with van der Waals surface area (Å²) in [5, 5.41) is 3.53. The van der Waals surface area contributed by atoms with Crippen LogP contribution in [-0.4, -0.2) is 18.7 Å². The molecule has 0 saturated heterocycles. The molecule has 0 radical (unpaired) electrons. The standard InChI is InChI=1S/C18H28BrNO/c1-13(2)20-12-18(15-8-10-16(19)11-9-15)21-17-7-5-4-6-14(17)3/h8-11,13-14,17-18,20H,4-7,12H2,1-3H3. The minimum Gasteiger partial charge on any atom is -0.369 e. The van der Waals surface area contributed by atoms with Crippen molar-refractivity contribution in [3.63, 3.8) is 0 Å². The molecule has 0 spiro atoms. The van der Waals surface area contributed by atoms with Crippen molar-refractivity contribution < 1.29 is 4.74 Å². The van der Waals surface area contributed by atoms with E-state index in [-0.39, 0.29) is 6.10 Å². The highest BCUT2D eigenvalue weighted by molar-refractivity contribution is 9.10. The second kappa shape index (κ2) is 8.30. The molecule has 0 heterocycles. The first-order chi connectivity index (χ1) is 10.1. The van der Waals surface area contributed by atoms with E-state index in [0.717, 1.165) is 11.0 Å². The van der Waals surface area contributed by atoms with Gasteiger partial charge in [0.15, 0.2) is 0 Å². The average Bonchev–Trinajstić information content (AvgIpc) is 2.46. The molecule has 2 nitrogen and oxygen atoms in total. The van der Waals surface area contributed by atoms with Crippen LogP contribution < -0.4 is 5.32 Å². The van der Waals surface area contributed by atoms with E-state index >= 15 is 0 Å². The molecule has 1 fully saturated rings. The Hall–Kier alpha value is -0.380. The largest absolute Gasteiger partial charge is 0.369 e. The van der Waals surface area contributed by atoms with E-state index < -0.39 is 0 Å². The molecule has 0 amide bonds. The van der Waals surface area contributed by atoms with Gasteiger partial charge in [-0.2, -0.15) is 0 Å². The van der Waals surface area contributed by atoms with Crippen LogP contribution in [0.15, 0.2) is 28.7 Å². The molecule has 1 N–H and O–H groups in total. The second-order valence-electron chi connectivity index (χ2n) is 6.54. The van der Waals surface area contributed by atoms with Gasteiger partial charge in [0.25, 0.3) is 0 Å². The number of hydrogen-bond donors (Lipinski definition) is 1. The zero-order chi connectivity index (χ0) is 15.2. The van der Waals surface area contributed by atoms with Crippen LogP contribution in [0.5, 0.6) is 0 Å². The maximum absolute atomic E-state index is 6.50. The molecule has 21 heavy (non-hydrogen) atoms. The fourth-order valence-corrected chi connectivity index (χ4v) is 3.22. The number of ether oxygens (including phenoxy) is 1. The summed E-state index contributed by atoms with van der Waals surface area (Å²) >= 11 is 3.51. The third-order valence-corrected chi connectivity index (χ3v) is 4.85. The first-order valence-electron chi connectivity index (χ1n) is 8.20. The zero-order valence-electron chi connectivity index (χ0n) is 13.4. The quantitative estimate of drug-likeness (QED) is 0.769. The molecule has 118 valence electrons. The van der Waals surface area contributed by atoms with Gasteiger partial charge in [0.2, 0.25) is 0 Å². The van der Waals surface area contributed by atoms with E-state index in [1.165, 1.54) is 31.2 Å². The second-order valence-corrected chi connectivity index (χ2v) is 7.46. The lowest BCUT2D eigenvalue weighted by molar-refractivity contribution is -0.0569. The molecule has 2 rings (SSSR count). The molecular weight excluding hydrogens is 326 g/mol. The van der Waals surface area contributed by atoms with E-state index in [1.807, 2.05) is 0 Å². The van der Waals surface area contributed by atoms with Crippen molar-refractivity contribution in [1.82, 2.24) is 5.32 Å². The predicted octanol–water partition coefficient (Wildman–Crippen LogP) is 5.08. The highest BCUT2D eigenvalue weighted by Gasteiger charge is 2.25. The molecule has 1 aliphatic rings. The van der Waals surface area contributed by atoms with Gasteiger partial charge < -0.3 is 10.1 Å². The molecule has 1 saturated carbocycles. The first kappa shape index (κ1) is 17.0. The van der Waals surface area contributed by atoms with Crippen LogP contribution in [0, 0.1) is 5.92 Å². The first-order valence-corrected chi connectivity index (χ1v) is 9.00. The molecule has 3 atom stereocenters. The van der Waals surface area contributed by atoms with Crippen molar-refractivity contribution in [3.8, 4) is 0 Å². The topological polar surface area (TPSA) is 21.3 Å². The maximum atomic E-state index is 6.50. The van der Waals surface area contributed by atoms with Crippen LogP contribution in [0.4, 0.5) is 0 Å². The predicted molar refractivity (Wildman–Crippen MR) is 92.5 cm³/mol. The summed E-state index contributed by atoms with van der Waals surface area (Å²) in [5.41, 5.74) is 1.27. The van der Waals surface area contributed by atoms with Gasteiger partial charge in [-0.1, -0.05) is 61.7 Å². The van der Waals surface area contributed by atoms with E-state index in [0.29, 0.717) is 18.1 Å². The zero-order valence-corrected chi connectivity index (χ0v) is 15.0. The number of rotatable bonds is 6. The van der Waals surface area contributed by atoms with Gasteiger partial charge in [-0.3, -0.25) is 0 Å². The summed E-state index contributed by atoms with van der Waals surface area (Å²) in [6.07, 6.45) is 5.71. The third-order valence-electron chi connectivity index (χ3n) is 4.33. The van der Waals surface area contributed by atoms with Gasteiger partial charge in [-0.15, -0.1) is 0 Å². The van der Waals surface area contributed by atoms with Crippen molar-refractivity contribution in [3.05, 3.63) is 34.3 Å². The van der Waals surface area contributed by atoms with Crippen LogP contribution in [-0.2, 0) is 4.74 Å². The Morgan fingerprint density at radius 1 is 1.19 bits per heavy atom. The molecule has 1 aromatic carbocycles. The highest BCUT2D eigenvalue weighted by atomic mass is 79.9. The average molecular weight is 354 g/mol. The third kappa shape index (κ3) is 5.39. The van der Waals surface area contributed by atoms with Crippen LogP contribution in [0.2, 0.25) is 0 Å². The SMILES string of the molecule is CC(C)NCC(OC1CCCCC1C)c1ccc(Br)cc1. The van der Waals surface area contributed by atoms with Gasteiger partial charge in [0.05, 0.1) is 12.2 Å². The van der Waals surface area contributed by atoms with Crippen molar-refractivity contribution >= 4 is 15.9 Å². The molecule has 0 aliphatic heterocycles. The van der Waals surface area contributed by atoms with E-state index in [4.69, 9.17) is 4.74 Å². The Kier molecular flexibility index (Phi) is 6.72. The summed E-state index contributed by atoms with van der Waals surface area (Å²) in [5.74, 6) is 0.677. The van der Waals surface area contributed by atoms with Crippen molar-refractivity contribution in [2.24, 2.45) is 5.92 Å². The van der Waals surface area contributed by atoms with Crippen molar-refractivity contribution in [1.29, 1.82) is 0 Å². The molecule has 0 bridgehead atoms. The van der Waals surface area contributed by atoms with Crippen LogP contribution in [0.3, 0.4) is 0 Å². The molecule has 1 aromatic rings. The Balaban J connectivity index is 2.05.